The van der Waals surface area contributed by atoms with Crippen molar-refractivity contribution in [3.8, 4) is 5.75 Å². The second-order valence-corrected chi connectivity index (χ2v) is 6.76. The van der Waals surface area contributed by atoms with E-state index in [1.54, 1.807) is 31.4 Å². The maximum atomic E-state index is 12.5. The first kappa shape index (κ1) is 16.2. The molecule has 2 rings (SSSR count). The number of nitrogens with one attached hydrogen (secondary N) is 1. The zero-order valence-electron chi connectivity index (χ0n) is 12.2. The quantitative estimate of drug-likeness (QED) is 0.783. The summed E-state index contributed by atoms with van der Waals surface area (Å²) < 4.78 is 37.0. The fourth-order valence-corrected chi connectivity index (χ4v) is 3.64. The number of hydrogen-bond donors (Lipinski definition) is 1. The molecule has 118 valence electrons. The van der Waals surface area contributed by atoms with Crippen molar-refractivity contribution in [2.24, 2.45) is 0 Å². The highest BCUT2D eigenvalue weighted by Crippen LogP contribution is 2.20. The smallest absolute Gasteiger partial charge is 0.243 e. The highest BCUT2D eigenvalue weighted by Gasteiger charge is 2.24. The molecule has 6 nitrogen and oxygen atoms in total. The molecule has 21 heavy (non-hydrogen) atoms. The van der Waals surface area contributed by atoms with Crippen molar-refractivity contribution in [2.45, 2.75) is 11.3 Å². The summed E-state index contributed by atoms with van der Waals surface area (Å²) in [6.07, 6.45) is 0.831. The molecule has 7 heteroatoms. The third kappa shape index (κ3) is 4.41. The summed E-state index contributed by atoms with van der Waals surface area (Å²) in [4.78, 5) is 0.309. The molecule has 0 radical (unpaired) electrons. The molecule has 0 spiro atoms. The number of hydrogen-bond acceptors (Lipinski definition) is 5. The molecule has 0 amide bonds. The number of methoxy groups -OCH3 is 1. The van der Waals surface area contributed by atoms with Gasteiger partial charge in [0.15, 0.2) is 0 Å². The molecule has 0 atom stereocenters. The highest BCUT2D eigenvalue weighted by atomic mass is 32.2. The van der Waals surface area contributed by atoms with Crippen LogP contribution in [-0.4, -0.2) is 59.2 Å². The van der Waals surface area contributed by atoms with Crippen molar-refractivity contribution in [2.75, 3.05) is 46.5 Å². The molecule has 1 aromatic rings. The van der Waals surface area contributed by atoms with Gasteiger partial charge < -0.3 is 14.8 Å². The molecule has 1 aliphatic rings. The Morgan fingerprint density at radius 1 is 1.14 bits per heavy atom. The Balaban J connectivity index is 2.05. The Hall–Kier alpha value is -1.15. The lowest BCUT2D eigenvalue weighted by Gasteiger charge is -2.19. The van der Waals surface area contributed by atoms with Gasteiger partial charge in [-0.15, -0.1) is 0 Å². The normalized spacial score (nSPS) is 17.4. The summed E-state index contributed by atoms with van der Waals surface area (Å²) in [5.41, 5.74) is 0. The SMILES string of the molecule is COCCOc1ccc(S(=O)(=O)N2CCCNCC2)cc1. The topological polar surface area (TPSA) is 67.9 Å². The Kier molecular flexibility index (Phi) is 5.98. The van der Waals surface area contributed by atoms with Crippen LogP contribution in [0.3, 0.4) is 0 Å². The first-order chi connectivity index (χ1) is 10.1. The van der Waals surface area contributed by atoms with E-state index < -0.39 is 10.0 Å². The Bertz CT molecular complexity index is 522. The molecule has 1 saturated heterocycles. The maximum Gasteiger partial charge on any atom is 0.243 e. The van der Waals surface area contributed by atoms with Gasteiger partial charge in [-0.3, -0.25) is 0 Å². The van der Waals surface area contributed by atoms with Gasteiger partial charge in [0.1, 0.15) is 12.4 Å². The summed E-state index contributed by atoms with van der Waals surface area (Å²) in [5, 5.41) is 3.20. The van der Waals surface area contributed by atoms with Crippen molar-refractivity contribution in [1.82, 2.24) is 9.62 Å². The minimum Gasteiger partial charge on any atom is -0.491 e. The van der Waals surface area contributed by atoms with Gasteiger partial charge in [0, 0.05) is 26.7 Å². The van der Waals surface area contributed by atoms with E-state index in [0.29, 0.717) is 43.5 Å². The van der Waals surface area contributed by atoms with Crippen molar-refractivity contribution < 1.29 is 17.9 Å². The fraction of sp³-hybridized carbons (Fsp3) is 0.571. The number of ether oxygens (including phenoxy) is 2. The van der Waals surface area contributed by atoms with E-state index in [0.717, 1.165) is 13.0 Å². The minimum atomic E-state index is -3.41. The minimum absolute atomic E-state index is 0.309. The highest BCUT2D eigenvalue weighted by molar-refractivity contribution is 7.89. The summed E-state index contributed by atoms with van der Waals surface area (Å²) in [7, 11) is -1.81. The number of rotatable bonds is 6. The van der Waals surface area contributed by atoms with Crippen LogP contribution >= 0.6 is 0 Å². The lowest BCUT2D eigenvalue weighted by molar-refractivity contribution is 0.146. The Morgan fingerprint density at radius 3 is 2.62 bits per heavy atom. The summed E-state index contributed by atoms with van der Waals surface area (Å²) in [5.74, 6) is 0.642. The molecular weight excluding hydrogens is 292 g/mol. The molecule has 0 saturated carbocycles. The predicted molar refractivity (Wildman–Crippen MR) is 80.1 cm³/mol. The van der Waals surface area contributed by atoms with E-state index >= 15 is 0 Å². The van der Waals surface area contributed by atoms with Gasteiger partial charge in [0.05, 0.1) is 11.5 Å². The van der Waals surface area contributed by atoms with Crippen molar-refractivity contribution >= 4 is 10.0 Å². The monoisotopic (exact) mass is 314 g/mol. The van der Waals surface area contributed by atoms with Crippen molar-refractivity contribution in [3.05, 3.63) is 24.3 Å². The lowest BCUT2D eigenvalue weighted by atomic mass is 10.3. The summed E-state index contributed by atoms with van der Waals surface area (Å²) in [6.45, 7) is 3.56. The molecule has 0 bridgehead atoms. The zero-order chi connectivity index (χ0) is 15.1. The third-order valence-electron chi connectivity index (χ3n) is 3.32. The van der Waals surface area contributed by atoms with E-state index in [-0.39, 0.29) is 0 Å². The van der Waals surface area contributed by atoms with E-state index in [1.165, 1.54) is 4.31 Å². The van der Waals surface area contributed by atoms with Gasteiger partial charge in [-0.2, -0.15) is 4.31 Å². The number of benzene rings is 1. The molecule has 1 heterocycles. The van der Waals surface area contributed by atoms with E-state index in [4.69, 9.17) is 9.47 Å². The van der Waals surface area contributed by atoms with Gasteiger partial charge in [-0.25, -0.2) is 8.42 Å². The third-order valence-corrected chi connectivity index (χ3v) is 5.23. The van der Waals surface area contributed by atoms with E-state index in [9.17, 15) is 8.42 Å². The average molecular weight is 314 g/mol. The molecule has 0 unspecified atom stereocenters. The van der Waals surface area contributed by atoms with Crippen LogP contribution in [0.1, 0.15) is 6.42 Å². The standard InChI is InChI=1S/C14H22N2O4S/c1-19-11-12-20-13-3-5-14(6-4-13)21(17,18)16-9-2-7-15-8-10-16/h3-6,15H,2,7-12H2,1H3. The van der Waals surface area contributed by atoms with Crippen LogP contribution in [0.25, 0.3) is 0 Å². The van der Waals surface area contributed by atoms with Gasteiger partial charge in [0.2, 0.25) is 10.0 Å². The molecule has 1 aliphatic heterocycles. The number of nitrogens with zero attached hydrogens (tertiary/aromatic N) is 1. The summed E-state index contributed by atoms with van der Waals surface area (Å²) >= 11 is 0. The van der Waals surface area contributed by atoms with Gasteiger partial charge >= 0.3 is 0 Å². The largest absolute Gasteiger partial charge is 0.491 e. The molecule has 1 N–H and O–H groups in total. The first-order valence-corrected chi connectivity index (χ1v) is 8.51. The molecular formula is C14H22N2O4S. The Morgan fingerprint density at radius 2 is 1.90 bits per heavy atom. The first-order valence-electron chi connectivity index (χ1n) is 7.07. The van der Waals surface area contributed by atoms with Crippen LogP contribution in [0.4, 0.5) is 0 Å². The molecule has 0 aliphatic carbocycles. The van der Waals surface area contributed by atoms with Gasteiger partial charge in [-0.05, 0) is 37.2 Å². The van der Waals surface area contributed by atoms with Gasteiger partial charge in [0.25, 0.3) is 0 Å². The van der Waals surface area contributed by atoms with Crippen LogP contribution in [0.2, 0.25) is 0 Å². The van der Waals surface area contributed by atoms with E-state index in [2.05, 4.69) is 5.32 Å². The van der Waals surface area contributed by atoms with Gasteiger partial charge in [-0.1, -0.05) is 0 Å². The van der Waals surface area contributed by atoms with Crippen LogP contribution in [0, 0.1) is 0 Å². The molecule has 0 aromatic heterocycles. The molecule has 1 fully saturated rings. The van der Waals surface area contributed by atoms with Crippen LogP contribution in [-0.2, 0) is 14.8 Å². The molecule has 1 aromatic carbocycles. The van der Waals surface area contributed by atoms with Crippen LogP contribution in [0.15, 0.2) is 29.2 Å². The Labute approximate surface area is 126 Å². The number of sulfonamides is 1. The second-order valence-electron chi connectivity index (χ2n) is 4.82. The average Bonchev–Trinajstić information content (AvgIpc) is 2.78. The second kappa shape index (κ2) is 7.74. The lowest BCUT2D eigenvalue weighted by Crippen LogP contribution is -2.34. The van der Waals surface area contributed by atoms with Crippen LogP contribution < -0.4 is 10.1 Å². The maximum absolute atomic E-state index is 12.5. The van der Waals surface area contributed by atoms with E-state index in [1.807, 2.05) is 0 Å². The summed E-state index contributed by atoms with van der Waals surface area (Å²) in [6, 6.07) is 6.54. The predicted octanol–water partition coefficient (Wildman–Crippen LogP) is 0.696. The fourth-order valence-electron chi connectivity index (χ4n) is 2.16. The van der Waals surface area contributed by atoms with Crippen LogP contribution in [0.5, 0.6) is 5.75 Å². The van der Waals surface area contributed by atoms with Crippen molar-refractivity contribution in [1.29, 1.82) is 0 Å². The zero-order valence-corrected chi connectivity index (χ0v) is 13.1. The van der Waals surface area contributed by atoms with Crippen molar-refractivity contribution in [3.63, 3.8) is 0 Å².